The minimum Gasteiger partial charge on any atom is -0.460 e. The first kappa shape index (κ1) is 26.1. The van der Waals surface area contributed by atoms with Gasteiger partial charge >= 0.3 is 6.18 Å². The number of carbonyl (C=O) groups excluding carboxylic acids is 1. The molecule has 0 aromatic carbocycles. The van der Waals surface area contributed by atoms with Crippen molar-refractivity contribution in [3.05, 3.63) is 46.7 Å². The van der Waals surface area contributed by atoms with E-state index in [-0.39, 0.29) is 16.9 Å². The molecular weight excluding hydrogens is 508 g/mol. The summed E-state index contributed by atoms with van der Waals surface area (Å²) in [5, 5.41) is 4.27. The Bertz CT molecular complexity index is 1210. The Morgan fingerprint density at radius 2 is 1.97 bits per heavy atom. The van der Waals surface area contributed by atoms with E-state index in [4.69, 9.17) is 4.74 Å². The van der Waals surface area contributed by atoms with Crippen molar-refractivity contribution in [1.82, 2.24) is 19.5 Å². The van der Waals surface area contributed by atoms with Crippen molar-refractivity contribution in [1.29, 1.82) is 0 Å². The lowest BCUT2D eigenvalue weighted by molar-refractivity contribution is -0.153. The molecule has 200 valence electrons. The van der Waals surface area contributed by atoms with Crippen LogP contribution in [0.25, 0.3) is 5.52 Å². The molecule has 1 aliphatic carbocycles. The van der Waals surface area contributed by atoms with Gasteiger partial charge in [-0.1, -0.05) is 11.3 Å². The fraction of sp³-hybridized carbons (Fsp3) is 0.577. The van der Waals surface area contributed by atoms with Gasteiger partial charge in [0.1, 0.15) is 5.67 Å². The zero-order chi connectivity index (χ0) is 26.0. The van der Waals surface area contributed by atoms with Gasteiger partial charge in [0.05, 0.1) is 11.2 Å². The van der Waals surface area contributed by atoms with Crippen molar-refractivity contribution in [2.75, 3.05) is 26.2 Å². The molecule has 3 aromatic rings. The second kappa shape index (κ2) is 10.7. The first-order valence-corrected chi connectivity index (χ1v) is 13.5. The average molecular weight is 539 g/mol. The molecule has 0 amide bonds. The summed E-state index contributed by atoms with van der Waals surface area (Å²) in [6.45, 7) is 0.723. The number of ether oxygens (including phenoxy) is 1. The Labute approximate surface area is 216 Å². The third-order valence-electron chi connectivity index (χ3n) is 7.53. The van der Waals surface area contributed by atoms with Crippen LogP contribution < -0.4 is 4.74 Å². The highest BCUT2D eigenvalue weighted by atomic mass is 32.1. The van der Waals surface area contributed by atoms with Crippen molar-refractivity contribution < 1.29 is 27.1 Å². The number of aromatic nitrogens is 3. The number of hydrogen-bond donors (Lipinski definition) is 0. The number of alkyl halides is 4. The molecular formula is C26H30F4N4O2S. The molecule has 1 saturated carbocycles. The summed E-state index contributed by atoms with van der Waals surface area (Å²) in [5.74, 6) is 0.279. The lowest BCUT2D eigenvalue weighted by atomic mass is 9.76. The Morgan fingerprint density at radius 3 is 2.76 bits per heavy atom. The molecule has 2 aliphatic rings. The van der Waals surface area contributed by atoms with Crippen LogP contribution in [-0.2, 0) is 12.8 Å². The van der Waals surface area contributed by atoms with Gasteiger partial charge in [0, 0.05) is 55.3 Å². The quantitative estimate of drug-likeness (QED) is 0.272. The monoisotopic (exact) mass is 538 g/mol. The number of ketones is 1. The van der Waals surface area contributed by atoms with Crippen molar-refractivity contribution in [2.45, 2.75) is 63.2 Å². The largest absolute Gasteiger partial charge is 0.460 e. The molecule has 3 aromatic heterocycles. The van der Waals surface area contributed by atoms with Gasteiger partial charge in [-0.3, -0.25) is 4.79 Å². The minimum absolute atomic E-state index is 0.0655. The standard InChI is InChI=1S/C26H30F4N4O2S/c27-25(8-3-18(4-9-25)16-22(35)19-5-14-34-21(19)2-1-11-31-34)10-15-33-12-6-20-23(7-13-33)37-24(32-20)36-17-26(28,29)30/h1-2,5,11,14,18H,3-4,6-10,12-13,15-17H2. The Balaban J connectivity index is 1.06. The van der Waals surface area contributed by atoms with Crippen LogP contribution in [0.1, 0.15) is 59.5 Å². The van der Waals surface area contributed by atoms with Crippen molar-refractivity contribution in [2.24, 2.45) is 5.92 Å². The summed E-state index contributed by atoms with van der Waals surface area (Å²) in [7, 11) is 0. The first-order valence-electron chi connectivity index (χ1n) is 12.7. The summed E-state index contributed by atoms with van der Waals surface area (Å²) in [6.07, 6.45) is 3.59. The Hall–Kier alpha value is -2.53. The number of nitrogens with zero attached hydrogens (tertiary/aromatic N) is 4. The van der Waals surface area contributed by atoms with E-state index in [1.54, 1.807) is 23.0 Å². The van der Waals surface area contributed by atoms with E-state index in [0.717, 1.165) is 22.6 Å². The highest BCUT2D eigenvalue weighted by Crippen LogP contribution is 2.40. The molecule has 0 spiro atoms. The van der Waals surface area contributed by atoms with Crippen LogP contribution >= 0.6 is 11.3 Å². The maximum absolute atomic E-state index is 15.6. The topological polar surface area (TPSA) is 59.7 Å². The van der Waals surface area contributed by atoms with Gasteiger partial charge in [0.2, 0.25) is 0 Å². The van der Waals surface area contributed by atoms with Gasteiger partial charge in [-0.25, -0.2) is 13.9 Å². The van der Waals surface area contributed by atoms with Crippen LogP contribution in [-0.4, -0.2) is 63.4 Å². The number of halogens is 4. The van der Waals surface area contributed by atoms with Crippen molar-refractivity contribution >= 4 is 22.6 Å². The third kappa shape index (κ3) is 6.49. The van der Waals surface area contributed by atoms with Crippen LogP contribution in [0.2, 0.25) is 0 Å². The van der Waals surface area contributed by atoms with Gasteiger partial charge in [0.25, 0.3) is 5.19 Å². The highest BCUT2D eigenvalue weighted by molar-refractivity contribution is 7.13. The van der Waals surface area contributed by atoms with Crippen LogP contribution in [0, 0.1) is 5.92 Å². The number of fused-ring (bicyclic) bond motifs is 2. The molecule has 6 nitrogen and oxygen atoms in total. The lowest BCUT2D eigenvalue weighted by Gasteiger charge is -2.35. The molecule has 0 radical (unpaired) electrons. The first-order chi connectivity index (χ1) is 17.7. The molecule has 0 atom stereocenters. The van der Waals surface area contributed by atoms with E-state index in [0.29, 0.717) is 70.0 Å². The zero-order valence-electron chi connectivity index (χ0n) is 20.5. The predicted molar refractivity (Wildman–Crippen MR) is 132 cm³/mol. The smallest absolute Gasteiger partial charge is 0.422 e. The summed E-state index contributed by atoms with van der Waals surface area (Å²) < 4.78 is 59.3. The van der Waals surface area contributed by atoms with E-state index in [9.17, 15) is 18.0 Å². The van der Waals surface area contributed by atoms with Crippen LogP contribution in [0.4, 0.5) is 17.6 Å². The van der Waals surface area contributed by atoms with Crippen LogP contribution in [0.15, 0.2) is 30.6 Å². The summed E-state index contributed by atoms with van der Waals surface area (Å²) in [4.78, 5) is 20.3. The zero-order valence-corrected chi connectivity index (χ0v) is 21.3. The second-order valence-corrected chi connectivity index (χ2v) is 11.2. The van der Waals surface area contributed by atoms with E-state index in [2.05, 4.69) is 15.0 Å². The van der Waals surface area contributed by atoms with Crippen LogP contribution in [0.5, 0.6) is 5.19 Å². The number of Topliss-reactive ketones (excluding diaryl/α,β-unsaturated/α-hetero) is 1. The molecule has 0 bridgehead atoms. The van der Waals surface area contributed by atoms with Crippen molar-refractivity contribution in [3.63, 3.8) is 0 Å². The predicted octanol–water partition coefficient (Wildman–Crippen LogP) is 5.69. The molecule has 5 rings (SSSR count). The average Bonchev–Trinajstić information content (AvgIpc) is 3.43. The molecule has 11 heteroatoms. The van der Waals surface area contributed by atoms with Gasteiger partial charge in [0.15, 0.2) is 12.4 Å². The Kier molecular flexibility index (Phi) is 7.53. The van der Waals surface area contributed by atoms with E-state index >= 15 is 4.39 Å². The molecule has 1 aliphatic heterocycles. The molecule has 1 fully saturated rings. The van der Waals surface area contributed by atoms with E-state index in [1.807, 2.05) is 12.1 Å². The summed E-state index contributed by atoms with van der Waals surface area (Å²) in [5.41, 5.74) is 1.04. The summed E-state index contributed by atoms with van der Waals surface area (Å²) in [6, 6.07) is 5.50. The number of thiazole rings is 1. The van der Waals surface area contributed by atoms with Gasteiger partial charge in [-0.2, -0.15) is 18.3 Å². The second-order valence-electron chi connectivity index (χ2n) is 10.1. The SMILES string of the molecule is O=C(CC1CCC(F)(CCN2CCc3nc(OCC(F)(F)F)sc3CC2)CC1)c1ccn2ncccc12. The Morgan fingerprint density at radius 1 is 1.19 bits per heavy atom. The fourth-order valence-corrected chi connectivity index (χ4v) is 6.32. The van der Waals surface area contributed by atoms with Gasteiger partial charge in [-0.05, 0) is 62.6 Å². The highest BCUT2D eigenvalue weighted by Gasteiger charge is 2.36. The van der Waals surface area contributed by atoms with Crippen molar-refractivity contribution in [3.8, 4) is 5.19 Å². The number of rotatable bonds is 8. The number of carbonyl (C=O) groups is 1. The van der Waals surface area contributed by atoms with Crippen LogP contribution in [0.3, 0.4) is 0 Å². The maximum Gasteiger partial charge on any atom is 0.422 e. The molecule has 0 unspecified atom stereocenters. The molecule has 4 heterocycles. The third-order valence-corrected chi connectivity index (χ3v) is 8.60. The molecule has 37 heavy (non-hydrogen) atoms. The minimum atomic E-state index is -4.38. The fourth-order valence-electron chi connectivity index (χ4n) is 5.38. The van der Waals surface area contributed by atoms with E-state index < -0.39 is 18.5 Å². The maximum atomic E-state index is 15.6. The number of hydrogen-bond acceptors (Lipinski definition) is 6. The summed E-state index contributed by atoms with van der Waals surface area (Å²) >= 11 is 1.17. The molecule has 0 N–H and O–H groups in total. The van der Waals surface area contributed by atoms with Gasteiger partial charge < -0.3 is 9.64 Å². The lowest BCUT2D eigenvalue weighted by Crippen LogP contribution is -2.36. The van der Waals surface area contributed by atoms with E-state index in [1.165, 1.54) is 11.3 Å². The molecule has 0 saturated heterocycles. The normalized spacial score (nSPS) is 23.1. The van der Waals surface area contributed by atoms with Gasteiger partial charge in [-0.15, -0.1) is 0 Å².